The molecule has 5 aromatic rings. The summed E-state index contributed by atoms with van der Waals surface area (Å²) in [5.41, 5.74) is 8.52. The first-order valence-corrected chi connectivity index (χ1v) is 17.6. The Balaban J connectivity index is 1.21. The topological polar surface area (TPSA) is 149 Å². The molecule has 0 spiro atoms. The first-order valence-electron chi connectivity index (χ1n) is 17.6. The van der Waals surface area contributed by atoms with E-state index in [4.69, 9.17) is 14.5 Å². The highest BCUT2D eigenvalue weighted by atomic mass is 16.5. The number of amides is 2. The minimum absolute atomic E-state index is 0.0493. The summed E-state index contributed by atoms with van der Waals surface area (Å²) in [7, 11) is 2.72. The van der Waals surface area contributed by atoms with Gasteiger partial charge in [-0.05, 0) is 78.3 Å². The maximum Gasteiger partial charge on any atom is 0.407 e. The molecule has 2 aliphatic heterocycles. The first-order chi connectivity index (χ1) is 24.4. The highest BCUT2D eigenvalue weighted by Crippen LogP contribution is 2.48. The molecule has 0 bridgehead atoms. The first kappa shape index (κ1) is 34.5. The number of methoxy groups -OCH3 is 2. The summed E-state index contributed by atoms with van der Waals surface area (Å²) in [5, 5.41) is 13.3. The predicted octanol–water partition coefficient (Wildman–Crippen LogP) is 6.21. The summed E-state index contributed by atoms with van der Waals surface area (Å²) < 4.78 is 10.2. The Labute approximate surface area is 297 Å². The molecule has 268 valence electrons. The van der Waals surface area contributed by atoms with E-state index in [2.05, 4.69) is 101 Å². The van der Waals surface area contributed by atoms with Gasteiger partial charge in [0.2, 0.25) is 5.91 Å². The van der Waals surface area contributed by atoms with E-state index < -0.39 is 30.4 Å². The lowest BCUT2D eigenvalue weighted by atomic mass is 9.87. The van der Waals surface area contributed by atoms with E-state index in [-0.39, 0.29) is 30.0 Å². The molecule has 51 heavy (non-hydrogen) atoms. The van der Waals surface area contributed by atoms with Gasteiger partial charge in [-0.1, -0.05) is 45.0 Å². The summed E-state index contributed by atoms with van der Waals surface area (Å²) in [6.45, 7) is 8.51. The molecular weight excluding hydrogens is 646 g/mol. The predicted molar refractivity (Wildman–Crippen MR) is 195 cm³/mol. The molecule has 7 rings (SSSR count). The number of fused-ring (bicyclic) bond motifs is 2. The van der Waals surface area contributed by atoms with Gasteiger partial charge in [-0.2, -0.15) is 0 Å². The van der Waals surface area contributed by atoms with E-state index in [1.807, 2.05) is 6.07 Å². The molecule has 12 nitrogen and oxygen atoms in total. The lowest BCUT2D eigenvalue weighted by Crippen LogP contribution is -2.54. The van der Waals surface area contributed by atoms with E-state index >= 15 is 0 Å². The molecule has 3 aromatic carbocycles. The molecule has 2 saturated heterocycles. The van der Waals surface area contributed by atoms with Crippen molar-refractivity contribution in [1.29, 1.82) is 0 Å². The van der Waals surface area contributed by atoms with Crippen molar-refractivity contribution in [3.8, 4) is 0 Å². The second-order valence-corrected chi connectivity index (χ2v) is 14.8. The van der Waals surface area contributed by atoms with Gasteiger partial charge in [-0.25, -0.2) is 14.8 Å². The Kier molecular flexibility index (Phi) is 9.23. The van der Waals surface area contributed by atoms with Crippen LogP contribution >= 0.6 is 0 Å². The van der Waals surface area contributed by atoms with Crippen molar-refractivity contribution < 1.29 is 24.2 Å². The van der Waals surface area contributed by atoms with E-state index in [1.54, 1.807) is 18.2 Å². The summed E-state index contributed by atoms with van der Waals surface area (Å²) in [6, 6.07) is 20.6. The van der Waals surface area contributed by atoms with Crippen molar-refractivity contribution in [2.45, 2.75) is 88.7 Å². The number of H-pyrrole nitrogens is 2. The number of aromatic nitrogens is 4. The normalized spacial score (nSPS) is 22.1. The van der Waals surface area contributed by atoms with Gasteiger partial charge < -0.3 is 39.7 Å². The van der Waals surface area contributed by atoms with Crippen LogP contribution in [0.4, 0.5) is 10.5 Å². The number of anilines is 1. The third-order valence-corrected chi connectivity index (χ3v) is 10.6. The number of nitrogens with one attached hydrogen (secondary N) is 3. The zero-order valence-corrected chi connectivity index (χ0v) is 30.0. The number of β-amino-alcohol motifs (C(OH)–C–C–N with tert-alkyl or cyclic N) is 1. The molecular formula is C39H47N7O5. The fourth-order valence-corrected chi connectivity index (χ4v) is 7.73. The molecule has 4 heterocycles. The zero-order chi connectivity index (χ0) is 36.0. The molecule has 0 saturated carbocycles. The lowest BCUT2D eigenvalue weighted by Gasteiger charge is -2.34. The van der Waals surface area contributed by atoms with E-state index in [1.165, 1.54) is 36.6 Å². The van der Waals surface area contributed by atoms with Gasteiger partial charge in [0, 0.05) is 25.8 Å². The number of alkyl carbamates (subject to hydrolysis) is 1. The van der Waals surface area contributed by atoms with Gasteiger partial charge in [-0.3, -0.25) is 4.79 Å². The minimum atomic E-state index is -1.00. The second-order valence-electron chi connectivity index (χ2n) is 14.8. The highest BCUT2D eigenvalue weighted by Gasteiger charge is 2.42. The molecule has 2 aromatic heterocycles. The number of carbonyl (C=O) groups is 2. The average Bonchev–Trinajstić information content (AvgIpc) is 3.93. The maximum atomic E-state index is 13.8. The fourth-order valence-electron chi connectivity index (χ4n) is 7.73. The van der Waals surface area contributed by atoms with E-state index in [9.17, 15) is 14.7 Å². The number of hydrogen-bond acceptors (Lipinski definition) is 8. The van der Waals surface area contributed by atoms with Crippen LogP contribution in [0.5, 0.6) is 0 Å². The number of aromatic amines is 2. The Morgan fingerprint density at radius 2 is 1.61 bits per heavy atom. The van der Waals surface area contributed by atoms with Crippen LogP contribution in [-0.2, 0) is 19.7 Å². The molecule has 4 N–H and O–H groups in total. The van der Waals surface area contributed by atoms with Crippen molar-refractivity contribution in [1.82, 2.24) is 30.2 Å². The molecule has 2 fully saturated rings. The number of ether oxygens (including phenoxy) is 2. The van der Waals surface area contributed by atoms with Crippen LogP contribution in [0.15, 0.2) is 67.0 Å². The van der Waals surface area contributed by atoms with Crippen LogP contribution < -0.4 is 10.2 Å². The number of likely N-dealkylation sites (tertiary alicyclic amines) is 1. The minimum Gasteiger partial charge on any atom is -0.453 e. The number of benzene rings is 3. The van der Waals surface area contributed by atoms with Crippen LogP contribution in [-0.4, -0.2) is 81.0 Å². The SMILES string of the molecule is COC(=O)N[C@H](C(=O)N1C[C@@H](O)C[C@H]1c1nc2ccc([C@H]3CC[C@H](c4ccc5nc[nH]c5c4)N3c3ccc(C(C)(C)C)cc3)cc2[nH]1)[C@@H](C)OC. The van der Waals surface area contributed by atoms with Crippen LogP contribution in [0.3, 0.4) is 0 Å². The number of carbonyl (C=O) groups excluding carboxylic acids is 2. The summed E-state index contributed by atoms with van der Waals surface area (Å²) in [6.07, 6.45) is 1.89. The smallest absolute Gasteiger partial charge is 0.407 e. The number of aliphatic hydroxyl groups is 1. The number of hydrogen-bond donors (Lipinski definition) is 4. The molecule has 6 atom stereocenters. The van der Waals surface area contributed by atoms with Gasteiger partial charge in [0.15, 0.2) is 0 Å². The van der Waals surface area contributed by atoms with Gasteiger partial charge in [0.05, 0.1) is 65.8 Å². The van der Waals surface area contributed by atoms with Crippen molar-refractivity contribution in [2.24, 2.45) is 0 Å². The van der Waals surface area contributed by atoms with E-state index in [0.29, 0.717) is 12.2 Å². The Bertz CT molecular complexity index is 2030. The van der Waals surface area contributed by atoms with Gasteiger partial charge >= 0.3 is 6.09 Å². The van der Waals surface area contributed by atoms with Crippen molar-refractivity contribution in [3.63, 3.8) is 0 Å². The number of nitrogens with zero attached hydrogens (tertiary/aromatic N) is 4. The van der Waals surface area contributed by atoms with Crippen molar-refractivity contribution in [2.75, 3.05) is 25.7 Å². The second kappa shape index (κ2) is 13.6. The number of aliphatic hydroxyl groups excluding tert-OH is 1. The van der Waals surface area contributed by atoms with Crippen LogP contribution in [0, 0.1) is 0 Å². The summed E-state index contributed by atoms with van der Waals surface area (Å²) >= 11 is 0. The standard InChI is InChI=1S/C39H47N7O5/c1-22(50-5)35(44-38(49)51-6)37(48)45-20-27(47)19-34(45)36-42-29-14-8-24(18-31(29)43-36)33-16-15-32(23-7-13-28-30(17-23)41-21-40-28)46(33)26-11-9-25(10-12-26)39(2,3)4/h7-14,17-18,21-22,27,32-35,47H,15-16,19-20H2,1-6H3,(H,40,41)(H,42,43)(H,44,49)/t22-,27+,32-,33-,34+,35+/m1/s1. The van der Waals surface area contributed by atoms with Gasteiger partial charge in [0.1, 0.15) is 11.9 Å². The third-order valence-electron chi connectivity index (χ3n) is 10.6. The third kappa shape index (κ3) is 6.65. The number of imidazole rings is 2. The summed E-state index contributed by atoms with van der Waals surface area (Å²) in [4.78, 5) is 46.2. The van der Waals surface area contributed by atoms with Crippen LogP contribution in [0.2, 0.25) is 0 Å². The Morgan fingerprint density at radius 1 is 0.941 bits per heavy atom. The van der Waals surface area contributed by atoms with Gasteiger partial charge in [0.25, 0.3) is 0 Å². The van der Waals surface area contributed by atoms with E-state index in [0.717, 1.165) is 34.9 Å². The fraction of sp³-hybridized carbons (Fsp3) is 0.436. The molecule has 0 unspecified atom stereocenters. The molecule has 0 radical (unpaired) electrons. The Morgan fingerprint density at radius 3 is 2.25 bits per heavy atom. The van der Waals surface area contributed by atoms with Crippen LogP contribution in [0.25, 0.3) is 22.1 Å². The summed E-state index contributed by atoms with van der Waals surface area (Å²) in [5.74, 6) is 0.205. The van der Waals surface area contributed by atoms with Gasteiger partial charge in [-0.15, -0.1) is 0 Å². The largest absolute Gasteiger partial charge is 0.453 e. The van der Waals surface area contributed by atoms with Crippen molar-refractivity contribution in [3.05, 3.63) is 89.5 Å². The average molecular weight is 694 g/mol. The monoisotopic (exact) mass is 693 g/mol. The lowest BCUT2D eigenvalue weighted by molar-refractivity contribution is -0.138. The quantitative estimate of drug-likeness (QED) is 0.150. The molecule has 2 aliphatic rings. The Hall–Kier alpha value is -4.94. The highest BCUT2D eigenvalue weighted by molar-refractivity contribution is 5.87. The molecule has 12 heteroatoms. The molecule has 0 aliphatic carbocycles. The maximum absolute atomic E-state index is 13.8. The van der Waals surface area contributed by atoms with Crippen molar-refractivity contribution >= 4 is 39.8 Å². The number of rotatable bonds is 8. The van der Waals surface area contributed by atoms with Crippen LogP contribution in [0.1, 0.15) is 87.6 Å². The molecule has 2 amide bonds. The zero-order valence-electron chi connectivity index (χ0n) is 30.0.